The average molecular weight is 1220 g/mol. The van der Waals surface area contributed by atoms with Gasteiger partial charge in [-0.2, -0.15) is 0 Å². The van der Waals surface area contributed by atoms with Gasteiger partial charge in [0.05, 0.1) is 33.1 Å². The van der Waals surface area contributed by atoms with E-state index < -0.39 is 0 Å². The third-order valence-corrected chi connectivity index (χ3v) is 19.2. The zero-order chi connectivity index (χ0) is 61.4. The van der Waals surface area contributed by atoms with Gasteiger partial charge < -0.3 is 37.9 Å². The number of hydrogen-bond donors (Lipinski definition) is 0. The van der Waals surface area contributed by atoms with Gasteiger partial charge >= 0.3 is 0 Å². The van der Waals surface area contributed by atoms with Gasteiger partial charge in [-0.15, -0.1) is 0 Å². The van der Waals surface area contributed by atoms with Gasteiger partial charge in [-0.3, -0.25) is 0 Å². The van der Waals surface area contributed by atoms with Crippen molar-refractivity contribution in [3.05, 3.63) is 166 Å². The summed E-state index contributed by atoms with van der Waals surface area (Å²) in [6.07, 6.45) is 20.1. The molecule has 2 atom stereocenters. The summed E-state index contributed by atoms with van der Waals surface area (Å²) in [6.45, 7) is 9.01. The quantitative estimate of drug-likeness (QED) is 0.0666. The van der Waals surface area contributed by atoms with Crippen LogP contribution in [0.5, 0.6) is 81.3 Å². The Morgan fingerprint density at radius 1 is 0.264 bits per heavy atom. The van der Waals surface area contributed by atoms with Gasteiger partial charge in [-0.05, 0) is 86.3 Å². The first kappa shape index (κ1) is 58.3. The van der Waals surface area contributed by atoms with E-state index in [4.69, 9.17) is 67.8 Å². The molecule has 2 unspecified atom stereocenters. The maximum Gasteiger partial charge on any atom is 0.284 e. The highest BCUT2D eigenvalue weighted by Gasteiger charge is 2.39. The first-order valence-corrected chi connectivity index (χ1v) is 33.7. The van der Waals surface area contributed by atoms with Crippen LogP contribution in [0.15, 0.2) is 121 Å². The van der Waals surface area contributed by atoms with Gasteiger partial charge in [-0.25, -0.2) is 29.9 Å². The van der Waals surface area contributed by atoms with Gasteiger partial charge in [-0.1, -0.05) is 167 Å². The van der Waals surface area contributed by atoms with Gasteiger partial charge in [0.15, 0.2) is 0 Å². The Bertz CT molecular complexity index is 4120. The lowest BCUT2D eigenvalue weighted by Crippen LogP contribution is -2.18. The van der Waals surface area contributed by atoms with E-state index in [2.05, 4.69) is 76.2 Å². The van der Waals surface area contributed by atoms with E-state index in [1.807, 2.05) is 72.8 Å². The summed E-state index contributed by atoms with van der Waals surface area (Å²) in [5.74, 6) is 5.31. The highest BCUT2D eigenvalue weighted by Crippen LogP contribution is 2.58. The zero-order valence-corrected chi connectivity index (χ0v) is 52.7. The number of rotatable bonds is 20. The molecule has 5 aliphatic rings. The minimum absolute atomic E-state index is 0.0689. The minimum atomic E-state index is -0.301. The van der Waals surface area contributed by atoms with Crippen LogP contribution in [0.4, 0.5) is 0 Å². The number of para-hydroxylation sites is 6. The second-order valence-corrected chi connectivity index (χ2v) is 25.3. The molecule has 1 aliphatic carbocycles. The first-order chi connectivity index (χ1) is 44.9. The molecule has 91 heavy (non-hydrogen) atoms. The Morgan fingerprint density at radius 2 is 0.473 bits per heavy atom. The van der Waals surface area contributed by atoms with Crippen molar-refractivity contribution in [1.82, 2.24) is 29.9 Å². The molecule has 0 amide bonds. The van der Waals surface area contributed by atoms with E-state index in [0.29, 0.717) is 79.1 Å². The maximum absolute atomic E-state index is 7.42. The van der Waals surface area contributed by atoms with E-state index in [1.54, 1.807) is 0 Å². The molecule has 14 heteroatoms. The Balaban J connectivity index is 1.10. The van der Waals surface area contributed by atoms with Crippen molar-refractivity contribution in [2.24, 2.45) is 0 Å². The molecule has 464 valence electrons. The summed E-state index contributed by atoms with van der Waals surface area (Å²) in [7, 11) is 0. The van der Waals surface area contributed by atoms with Crippen LogP contribution in [0, 0.1) is 0 Å². The Kier molecular flexibility index (Phi) is 16.5. The second-order valence-electron chi connectivity index (χ2n) is 25.3. The Hall–Kier alpha value is -9.04. The summed E-state index contributed by atoms with van der Waals surface area (Å²) in [6, 6.07) is 41.4. The molecule has 0 saturated heterocycles. The van der Waals surface area contributed by atoms with Crippen molar-refractivity contribution >= 4 is 33.1 Å². The molecule has 15 rings (SSSR count). The molecule has 0 fully saturated rings. The zero-order valence-electron chi connectivity index (χ0n) is 52.7. The summed E-state index contributed by atoms with van der Waals surface area (Å²) < 4.78 is 58.2. The topological polar surface area (TPSA) is 151 Å². The molecular formula is C77H78N6O8. The van der Waals surface area contributed by atoms with Crippen molar-refractivity contribution in [2.45, 2.75) is 180 Å². The van der Waals surface area contributed by atoms with E-state index in [-0.39, 0.29) is 65.7 Å². The number of aromatic nitrogens is 6. The van der Waals surface area contributed by atoms with E-state index >= 15 is 0 Å². The lowest BCUT2D eigenvalue weighted by atomic mass is 9.76. The van der Waals surface area contributed by atoms with Crippen molar-refractivity contribution in [3.63, 3.8) is 0 Å². The number of nitrogens with zero attached hydrogens (tertiary/aromatic N) is 6. The number of unbranched alkanes of at least 4 members (excludes halogenated alkanes) is 12. The number of fused-ring (bicyclic) bond motifs is 6. The van der Waals surface area contributed by atoms with Crippen molar-refractivity contribution in [1.29, 1.82) is 0 Å². The molecule has 0 radical (unpaired) electrons. The molecule has 8 bridgehead atoms. The van der Waals surface area contributed by atoms with Crippen LogP contribution in [0.1, 0.15) is 224 Å². The number of ether oxygens (including phenoxy) is 8. The number of benzene rings is 7. The normalized spacial score (nSPS) is 17.0. The Morgan fingerprint density at radius 3 is 0.692 bits per heavy atom. The lowest BCUT2D eigenvalue weighted by molar-refractivity contribution is 0.113. The van der Waals surface area contributed by atoms with Crippen LogP contribution >= 0.6 is 0 Å². The summed E-state index contributed by atoms with van der Waals surface area (Å²) in [5, 5.41) is 0. The maximum atomic E-state index is 7.42. The second kappa shape index (κ2) is 25.7. The van der Waals surface area contributed by atoms with Gasteiger partial charge in [0, 0.05) is 92.4 Å². The van der Waals surface area contributed by atoms with E-state index in [1.165, 1.54) is 0 Å². The van der Waals surface area contributed by atoms with Crippen molar-refractivity contribution < 1.29 is 37.9 Å². The van der Waals surface area contributed by atoms with Gasteiger partial charge in [0.25, 0.3) is 35.3 Å². The largest absolute Gasteiger partial charge is 0.457 e. The highest BCUT2D eigenvalue weighted by molar-refractivity contribution is 5.79. The SMILES string of the molecule is CCCCCCC1c2cc3c4cc2OCOc2cc5c(cc21)C(CCCCCC)c1cc2c(cc1Oc1nc6ccccc6nc1O5)Oc1nc5ccccc5nc1Oc1cc(c(cc1C2CCCCCC)C3CCCCCC)Oc1nc2ccccc2nc1O4. The van der Waals surface area contributed by atoms with Crippen LogP contribution < -0.4 is 37.9 Å². The highest BCUT2D eigenvalue weighted by atomic mass is 16.7. The fourth-order valence-corrected chi connectivity index (χ4v) is 14.4. The van der Waals surface area contributed by atoms with E-state index in [9.17, 15) is 0 Å². The molecule has 0 spiro atoms. The summed E-state index contributed by atoms with van der Waals surface area (Å²) in [5.41, 5.74) is 12.1. The first-order valence-electron chi connectivity index (χ1n) is 33.7. The van der Waals surface area contributed by atoms with Crippen LogP contribution in [-0.4, -0.2) is 36.7 Å². The molecule has 0 saturated carbocycles. The third-order valence-electron chi connectivity index (χ3n) is 19.2. The van der Waals surface area contributed by atoms with E-state index in [0.717, 1.165) is 173 Å². The predicted octanol–water partition coefficient (Wildman–Crippen LogP) is 21.7. The molecule has 7 aromatic carbocycles. The molecule has 14 nitrogen and oxygen atoms in total. The number of hydrogen-bond acceptors (Lipinski definition) is 14. The fraction of sp³-hybridized carbons (Fsp3) is 0.377. The van der Waals surface area contributed by atoms with Crippen LogP contribution in [0.3, 0.4) is 0 Å². The molecular weight excluding hydrogens is 1140 g/mol. The van der Waals surface area contributed by atoms with Crippen LogP contribution in [-0.2, 0) is 0 Å². The molecule has 0 N–H and O–H groups in total. The summed E-state index contributed by atoms with van der Waals surface area (Å²) in [4.78, 5) is 31.4. The standard InChI is InChI=1S/C77H78N6O8/c1-5-9-13-17-27-46-50-37-52-47(28-18-14-10-6-2)54-39-56-49(30-20-16-12-8-4)57-40-55-48(29-19-15-11-7-3)53-38-51(46)65-42-67(53)87-73-75(81-61-34-24-22-32-59(61)79-73)89-69(55)44-71(57)91-77-76(82-62-35-25-26-36-63(62)83-77)90-70(56)43-68(54)88-74-72(78-58-31-21-23-33-60(58)80-74)86-66(52)41-64(50)84-45-85-65/h21-26,31-44,46-49H,5-20,27-30,45H2,1-4H3. The minimum Gasteiger partial charge on any atom is -0.457 e. The predicted molar refractivity (Wildman–Crippen MR) is 353 cm³/mol. The summed E-state index contributed by atoms with van der Waals surface area (Å²) >= 11 is 0. The molecule has 7 heterocycles. The average Bonchev–Trinajstić information content (AvgIpc) is 1.82. The van der Waals surface area contributed by atoms with Crippen molar-refractivity contribution in [2.75, 3.05) is 6.79 Å². The lowest BCUT2D eigenvalue weighted by Gasteiger charge is -2.32. The monoisotopic (exact) mass is 1210 g/mol. The fourth-order valence-electron chi connectivity index (χ4n) is 14.4. The van der Waals surface area contributed by atoms with Crippen LogP contribution in [0.2, 0.25) is 0 Å². The smallest absolute Gasteiger partial charge is 0.284 e. The molecule has 3 aromatic heterocycles. The molecule has 4 aliphatic heterocycles. The van der Waals surface area contributed by atoms with Gasteiger partial charge in [0.1, 0.15) is 46.0 Å². The van der Waals surface area contributed by atoms with Crippen LogP contribution in [0.25, 0.3) is 33.1 Å². The van der Waals surface area contributed by atoms with Gasteiger partial charge in [0.2, 0.25) is 6.79 Å². The third kappa shape index (κ3) is 11.5. The van der Waals surface area contributed by atoms with Crippen molar-refractivity contribution in [3.8, 4) is 81.3 Å². The molecule has 10 aromatic rings. The Labute approximate surface area is 532 Å².